The van der Waals surface area contributed by atoms with E-state index < -0.39 is 5.97 Å². The van der Waals surface area contributed by atoms with Crippen molar-refractivity contribution in [2.75, 3.05) is 20.8 Å². The molecule has 0 saturated carbocycles. The van der Waals surface area contributed by atoms with Gasteiger partial charge in [-0.1, -0.05) is 25.1 Å². The zero-order valence-corrected chi connectivity index (χ0v) is 18.8. The maximum Gasteiger partial charge on any atom is 0.349 e. The lowest BCUT2D eigenvalue weighted by Gasteiger charge is -2.11. The number of carbonyl (C=O) groups excluding carboxylic acids is 1. The van der Waals surface area contributed by atoms with Crippen molar-refractivity contribution in [2.24, 2.45) is 0 Å². The first-order chi connectivity index (χ1) is 16.1. The largest absolute Gasteiger partial charge is 0.497 e. The van der Waals surface area contributed by atoms with Gasteiger partial charge in [0, 0.05) is 0 Å². The molecule has 0 aliphatic rings. The standard InChI is InChI=1S/C27H25NO5/c1-4-19-5-10-24(11-6-19)32-18-27(29)33-25-14-7-20(16-26(25)31-3)15-22(17-28)21-8-12-23(30-2)13-9-21/h5-16H,4,18H2,1-3H3/b22-15-. The monoisotopic (exact) mass is 443 g/mol. The van der Waals surface area contributed by atoms with E-state index in [4.69, 9.17) is 18.9 Å². The van der Waals surface area contributed by atoms with Crippen molar-refractivity contribution in [3.8, 4) is 29.1 Å². The molecule has 6 heteroatoms. The molecule has 0 radical (unpaired) electrons. The second kappa shape index (κ2) is 11.4. The van der Waals surface area contributed by atoms with Crippen LogP contribution in [0.5, 0.6) is 23.0 Å². The molecule has 0 atom stereocenters. The quantitative estimate of drug-likeness (QED) is 0.193. The van der Waals surface area contributed by atoms with Crippen molar-refractivity contribution in [1.82, 2.24) is 0 Å². The van der Waals surface area contributed by atoms with Crippen LogP contribution in [0.2, 0.25) is 0 Å². The second-order valence-electron chi connectivity index (χ2n) is 7.07. The molecule has 0 saturated heterocycles. The Bertz CT molecular complexity index is 1160. The first-order valence-corrected chi connectivity index (χ1v) is 10.4. The molecular formula is C27H25NO5. The summed E-state index contributed by atoms with van der Waals surface area (Å²) in [4.78, 5) is 12.3. The summed E-state index contributed by atoms with van der Waals surface area (Å²) < 4.78 is 21.4. The van der Waals surface area contributed by atoms with Crippen LogP contribution in [0.1, 0.15) is 23.6 Å². The van der Waals surface area contributed by atoms with Gasteiger partial charge in [-0.3, -0.25) is 0 Å². The highest BCUT2D eigenvalue weighted by molar-refractivity contribution is 5.90. The van der Waals surface area contributed by atoms with Crippen LogP contribution in [-0.2, 0) is 11.2 Å². The van der Waals surface area contributed by atoms with Gasteiger partial charge in [-0.2, -0.15) is 5.26 Å². The van der Waals surface area contributed by atoms with Gasteiger partial charge in [0.1, 0.15) is 11.5 Å². The fourth-order valence-corrected chi connectivity index (χ4v) is 3.09. The Kier molecular flexibility index (Phi) is 8.09. The minimum atomic E-state index is -0.549. The first kappa shape index (κ1) is 23.4. The predicted octanol–water partition coefficient (Wildman–Crippen LogP) is 5.31. The SMILES string of the molecule is CCc1ccc(OCC(=O)Oc2ccc(/C=C(/C#N)c3ccc(OC)cc3)cc2OC)cc1. The number of ether oxygens (including phenoxy) is 4. The number of methoxy groups -OCH3 is 2. The molecule has 0 fully saturated rings. The molecular weight excluding hydrogens is 418 g/mol. The lowest BCUT2D eigenvalue weighted by Crippen LogP contribution is -2.18. The number of hydrogen-bond acceptors (Lipinski definition) is 6. The van der Waals surface area contributed by atoms with Gasteiger partial charge in [0.25, 0.3) is 0 Å². The minimum absolute atomic E-state index is 0.230. The van der Waals surface area contributed by atoms with Gasteiger partial charge in [-0.25, -0.2) is 4.79 Å². The van der Waals surface area contributed by atoms with Crippen molar-refractivity contribution in [2.45, 2.75) is 13.3 Å². The third-order valence-electron chi connectivity index (χ3n) is 4.93. The van der Waals surface area contributed by atoms with Gasteiger partial charge in [0.2, 0.25) is 0 Å². The van der Waals surface area contributed by atoms with Crippen LogP contribution in [0, 0.1) is 11.3 Å². The zero-order valence-electron chi connectivity index (χ0n) is 18.8. The number of nitriles is 1. The highest BCUT2D eigenvalue weighted by Crippen LogP contribution is 2.30. The molecule has 3 aromatic rings. The molecule has 0 heterocycles. The maximum absolute atomic E-state index is 12.3. The van der Waals surface area contributed by atoms with Gasteiger partial charge in [-0.05, 0) is 77.7 Å². The summed E-state index contributed by atoms with van der Waals surface area (Å²) in [6.45, 7) is 1.84. The lowest BCUT2D eigenvalue weighted by atomic mass is 10.0. The highest BCUT2D eigenvalue weighted by atomic mass is 16.6. The molecule has 33 heavy (non-hydrogen) atoms. The Morgan fingerprint density at radius 2 is 1.61 bits per heavy atom. The molecule has 0 N–H and O–H groups in total. The predicted molar refractivity (Wildman–Crippen MR) is 126 cm³/mol. The van der Waals surface area contributed by atoms with Crippen molar-refractivity contribution in [1.29, 1.82) is 5.26 Å². The average molecular weight is 443 g/mol. The fraction of sp³-hybridized carbons (Fsp3) is 0.185. The van der Waals surface area contributed by atoms with Crippen LogP contribution in [0.25, 0.3) is 11.6 Å². The van der Waals surface area contributed by atoms with Gasteiger partial charge < -0.3 is 18.9 Å². The van der Waals surface area contributed by atoms with E-state index in [1.54, 1.807) is 43.5 Å². The number of esters is 1. The summed E-state index contributed by atoms with van der Waals surface area (Å²) in [7, 11) is 3.08. The van der Waals surface area contributed by atoms with E-state index in [1.165, 1.54) is 12.7 Å². The van der Waals surface area contributed by atoms with E-state index in [0.29, 0.717) is 22.8 Å². The summed E-state index contributed by atoms with van der Waals surface area (Å²) in [5.74, 6) is 1.40. The molecule has 0 amide bonds. The molecule has 0 unspecified atom stereocenters. The molecule has 0 aromatic heterocycles. The number of hydrogen-bond donors (Lipinski definition) is 0. The minimum Gasteiger partial charge on any atom is -0.497 e. The molecule has 0 spiro atoms. The Hall–Kier alpha value is -4.24. The number of allylic oxidation sites excluding steroid dienone is 1. The van der Waals surface area contributed by atoms with Gasteiger partial charge >= 0.3 is 5.97 Å². The van der Waals surface area contributed by atoms with Crippen molar-refractivity contribution in [3.63, 3.8) is 0 Å². The van der Waals surface area contributed by atoms with Crippen LogP contribution in [-0.4, -0.2) is 26.8 Å². The molecule has 3 aromatic carbocycles. The Labute approximate surface area is 193 Å². The number of nitrogens with zero attached hydrogens (tertiary/aromatic N) is 1. The molecule has 3 rings (SSSR count). The van der Waals surface area contributed by atoms with Gasteiger partial charge in [0.05, 0.1) is 25.9 Å². The molecule has 168 valence electrons. The lowest BCUT2D eigenvalue weighted by molar-refractivity contribution is -0.136. The molecule has 0 aliphatic carbocycles. The summed E-state index contributed by atoms with van der Waals surface area (Å²) in [6.07, 6.45) is 2.67. The number of aryl methyl sites for hydroxylation is 1. The van der Waals surface area contributed by atoms with Gasteiger partial charge in [-0.15, -0.1) is 0 Å². The van der Waals surface area contributed by atoms with E-state index in [1.807, 2.05) is 36.4 Å². The Balaban J connectivity index is 1.69. The van der Waals surface area contributed by atoms with Crippen molar-refractivity contribution >= 4 is 17.6 Å². The van der Waals surface area contributed by atoms with Crippen molar-refractivity contribution in [3.05, 3.63) is 83.4 Å². The summed E-state index contributed by atoms with van der Waals surface area (Å²) >= 11 is 0. The molecule has 6 nitrogen and oxygen atoms in total. The van der Waals surface area contributed by atoms with Crippen molar-refractivity contribution < 1.29 is 23.7 Å². The Morgan fingerprint density at radius 1 is 0.909 bits per heavy atom. The van der Waals surface area contributed by atoms with E-state index >= 15 is 0 Å². The summed E-state index contributed by atoms with van der Waals surface area (Å²) in [6, 6.07) is 22.1. The van der Waals surface area contributed by atoms with E-state index in [-0.39, 0.29) is 12.4 Å². The fourth-order valence-electron chi connectivity index (χ4n) is 3.09. The van der Waals surface area contributed by atoms with Gasteiger partial charge in [0.15, 0.2) is 18.1 Å². The van der Waals surface area contributed by atoms with Crippen LogP contribution in [0.3, 0.4) is 0 Å². The summed E-state index contributed by atoms with van der Waals surface area (Å²) in [5, 5.41) is 9.59. The normalized spacial score (nSPS) is 10.8. The second-order valence-corrected chi connectivity index (χ2v) is 7.07. The average Bonchev–Trinajstić information content (AvgIpc) is 2.87. The van der Waals surface area contributed by atoms with E-state index in [9.17, 15) is 10.1 Å². The smallest absolute Gasteiger partial charge is 0.349 e. The maximum atomic E-state index is 12.3. The van der Waals surface area contributed by atoms with Crippen LogP contribution < -0.4 is 18.9 Å². The molecule has 0 aliphatic heterocycles. The first-order valence-electron chi connectivity index (χ1n) is 10.4. The Morgan fingerprint density at radius 3 is 2.21 bits per heavy atom. The van der Waals surface area contributed by atoms with E-state index in [2.05, 4.69) is 13.0 Å². The topological polar surface area (TPSA) is 77.8 Å². The number of benzene rings is 3. The molecule has 0 bridgehead atoms. The summed E-state index contributed by atoms with van der Waals surface area (Å²) in [5.41, 5.74) is 3.16. The zero-order chi connectivity index (χ0) is 23.6. The van der Waals surface area contributed by atoms with Crippen LogP contribution in [0.4, 0.5) is 0 Å². The third-order valence-corrected chi connectivity index (χ3v) is 4.93. The van der Waals surface area contributed by atoms with Crippen LogP contribution >= 0.6 is 0 Å². The number of rotatable bonds is 9. The van der Waals surface area contributed by atoms with Crippen LogP contribution in [0.15, 0.2) is 66.7 Å². The van der Waals surface area contributed by atoms with E-state index in [0.717, 1.165) is 17.5 Å². The highest BCUT2D eigenvalue weighted by Gasteiger charge is 2.12. The third kappa shape index (κ3) is 6.37. The number of carbonyl (C=O) groups is 1.